The fraction of sp³-hybridized carbons (Fsp3) is 0.550. The van der Waals surface area contributed by atoms with Gasteiger partial charge in [0.05, 0.1) is 13.7 Å². The first-order chi connectivity index (χ1) is 13.0. The summed E-state index contributed by atoms with van der Waals surface area (Å²) in [6, 6.07) is 7.51. The van der Waals surface area contributed by atoms with Crippen molar-refractivity contribution >= 4 is 17.8 Å². The van der Waals surface area contributed by atoms with Crippen molar-refractivity contribution in [1.82, 2.24) is 15.5 Å². The fourth-order valence-electron chi connectivity index (χ4n) is 2.40. The molecule has 1 rings (SSSR count). The number of amides is 1. The molecule has 0 spiro atoms. The number of guanidine groups is 1. The quantitative estimate of drug-likeness (QED) is 0.283. The van der Waals surface area contributed by atoms with E-state index >= 15 is 0 Å². The van der Waals surface area contributed by atoms with Gasteiger partial charge in [-0.1, -0.05) is 18.6 Å². The Morgan fingerprint density at radius 3 is 2.37 bits per heavy atom. The highest BCUT2D eigenvalue weighted by atomic mass is 16.5. The van der Waals surface area contributed by atoms with E-state index in [4.69, 9.17) is 0 Å². The molecule has 0 aliphatic rings. The van der Waals surface area contributed by atoms with Crippen molar-refractivity contribution in [3.63, 3.8) is 0 Å². The molecule has 7 heteroatoms. The monoisotopic (exact) mass is 376 g/mol. The molecule has 0 aliphatic carbocycles. The van der Waals surface area contributed by atoms with Crippen molar-refractivity contribution < 1.29 is 14.3 Å². The first-order valence-electron chi connectivity index (χ1n) is 9.37. The van der Waals surface area contributed by atoms with Crippen molar-refractivity contribution in [3.8, 4) is 0 Å². The summed E-state index contributed by atoms with van der Waals surface area (Å²) in [6.45, 7) is 4.14. The average Bonchev–Trinajstić information content (AvgIpc) is 2.68. The standard InChI is InChI=1S/C20H32N4O3/c1-5-21-20(22-14-8-6-7-9-18(25)27-4)23-15-16-10-12-17(13-11-16)19(26)24(2)3/h10-13H,5-9,14-15H2,1-4H3,(H2,21,22,23). The maximum atomic E-state index is 11.9. The first kappa shape index (κ1) is 22.5. The number of nitrogens with zero attached hydrogens (tertiary/aromatic N) is 2. The van der Waals surface area contributed by atoms with E-state index in [0.29, 0.717) is 18.5 Å². The number of unbranched alkanes of at least 4 members (excludes halogenated alkanes) is 2. The highest BCUT2D eigenvalue weighted by Gasteiger charge is 2.07. The second kappa shape index (κ2) is 12.7. The van der Waals surface area contributed by atoms with E-state index in [0.717, 1.165) is 43.9 Å². The largest absolute Gasteiger partial charge is 0.469 e. The van der Waals surface area contributed by atoms with Crippen LogP contribution in [0.5, 0.6) is 0 Å². The van der Waals surface area contributed by atoms with Crippen LogP contribution in [-0.2, 0) is 16.1 Å². The zero-order valence-corrected chi connectivity index (χ0v) is 16.9. The number of hydrogen-bond donors (Lipinski definition) is 2. The van der Waals surface area contributed by atoms with Crippen LogP contribution < -0.4 is 10.6 Å². The van der Waals surface area contributed by atoms with Crippen LogP contribution in [0.4, 0.5) is 0 Å². The van der Waals surface area contributed by atoms with Crippen LogP contribution in [0, 0.1) is 0 Å². The molecule has 1 aromatic carbocycles. The Bertz CT molecular complexity index is 612. The van der Waals surface area contributed by atoms with Crippen LogP contribution >= 0.6 is 0 Å². The minimum Gasteiger partial charge on any atom is -0.469 e. The van der Waals surface area contributed by atoms with Crippen LogP contribution in [0.3, 0.4) is 0 Å². The summed E-state index contributed by atoms with van der Waals surface area (Å²) in [5.74, 6) is 0.599. The zero-order chi connectivity index (χ0) is 20.1. The van der Waals surface area contributed by atoms with Crippen molar-refractivity contribution in [2.24, 2.45) is 4.99 Å². The second-order valence-electron chi connectivity index (χ2n) is 6.41. The Morgan fingerprint density at radius 2 is 1.78 bits per heavy atom. The molecule has 0 radical (unpaired) electrons. The molecular weight excluding hydrogens is 344 g/mol. The van der Waals surface area contributed by atoms with Gasteiger partial charge in [0.15, 0.2) is 5.96 Å². The molecule has 27 heavy (non-hydrogen) atoms. The molecule has 0 saturated heterocycles. The molecule has 0 bridgehead atoms. The summed E-state index contributed by atoms with van der Waals surface area (Å²) in [4.78, 5) is 29.1. The van der Waals surface area contributed by atoms with Gasteiger partial charge in [0.1, 0.15) is 0 Å². The summed E-state index contributed by atoms with van der Waals surface area (Å²) in [6.07, 6.45) is 3.22. The van der Waals surface area contributed by atoms with Crippen molar-refractivity contribution in [2.75, 3.05) is 34.3 Å². The molecular formula is C20H32N4O3. The van der Waals surface area contributed by atoms with E-state index in [2.05, 4.69) is 20.4 Å². The molecule has 0 fully saturated rings. The molecule has 0 aromatic heterocycles. The van der Waals surface area contributed by atoms with Gasteiger partial charge >= 0.3 is 5.97 Å². The number of ether oxygens (including phenoxy) is 1. The highest BCUT2D eigenvalue weighted by molar-refractivity contribution is 5.93. The number of nitrogens with one attached hydrogen (secondary N) is 2. The molecule has 2 N–H and O–H groups in total. The number of carbonyl (C=O) groups excluding carboxylic acids is 2. The van der Waals surface area contributed by atoms with Gasteiger partial charge in [0.2, 0.25) is 0 Å². The van der Waals surface area contributed by atoms with Gasteiger partial charge in [0.25, 0.3) is 5.91 Å². The van der Waals surface area contributed by atoms with Gasteiger partial charge < -0.3 is 20.3 Å². The van der Waals surface area contributed by atoms with Gasteiger partial charge in [-0.25, -0.2) is 4.99 Å². The second-order valence-corrected chi connectivity index (χ2v) is 6.41. The molecule has 1 amide bonds. The topological polar surface area (TPSA) is 83.0 Å². The van der Waals surface area contributed by atoms with Crippen molar-refractivity contribution in [1.29, 1.82) is 0 Å². The molecule has 7 nitrogen and oxygen atoms in total. The number of methoxy groups -OCH3 is 1. The van der Waals surface area contributed by atoms with E-state index in [1.807, 2.05) is 31.2 Å². The smallest absolute Gasteiger partial charge is 0.305 e. The van der Waals surface area contributed by atoms with E-state index < -0.39 is 0 Å². The number of carbonyl (C=O) groups is 2. The molecule has 0 saturated carbocycles. The van der Waals surface area contributed by atoms with Gasteiger partial charge in [-0.15, -0.1) is 0 Å². The summed E-state index contributed by atoms with van der Waals surface area (Å²) in [5, 5.41) is 6.52. The number of benzene rings is 1. The van der Waals surface area contributed by atoms with Crippen molar-refractivity contribution in [3.05, 3.63) is 35.4 Å². The van der Waals surface area contributed by atoms with Crippen LogP contribution in [-0.4, -0.2) is 57.0 Å². The predicted molar refractivity (Wildman–Crippen MR) is 108 cm³/mol. The number of rotatable bonds is 10. The Hall–Kier alpha value is -2.57. The number of hydrogen-bond acceptors (Lipinski definition) is 4. The maximum Gasteiger partial charge on any atom is 0.305 e. The van der Waals surface area contributed by atoms with Crippen LogP contribution in [0.25, 0.3) is 0 Å². The van der Waals surface area contributed by atoms with Crippen molar-refractivity contribution in [2.45, 2.75) is 39.2 Å². The average molecular weight is 377 g/mol. The molecule has 0 aliphatic heterocycles. The third-order valence-corrected chi connectivity index (χ3v) is 3.95. The lowest BCUT2D eigenvalue weighted by molar-refractivity contribution is -0.140. The minimum atomic E-state index is -0.156. The van der Waals surface area contributed by atoms with Gasteiger partial charge in [-0.3, -0.25) is 9.59 Å². The molecule has 0 unspecified atom stereocenters. The Balaban J connectivity index is 2.44. The number of esters is 1. The zero-order valence-electron chi connectivity index (χ0n) is 16.9. The predicted octanol–water partition coefficient (Wildman–Crippen LogP) is 2.18. The normalized spacial score (nSPS) is 11.0. The van der Waals surface area contributed by atoms with Gasteiger partial charge in [0, 0.05) is 39.2 Å². The van der Waals surface area contributed by atoms with Crippen LogP contribution in [0.2, 0.25) is 0 Å². The van der Waals surface area contributed by atoms with Gasteiger partial charge in [-0.2, -0.15) is 0 Å². The lowest BCUT2D eigenvalue weighted by Gasteiger charge is -2.12. The van der Waals surface area contributed by atoms with E-state index in [1.54, 1.807) is 19.0 Å². The lowest BCUT2D eigenvalue weighted by atomic mass is 10.1. The minimum absolute atomic E-state index is 0.00717. The lowest BCUT2D eigenvalue weighted by Crippen LogP contribution is -2.37. The Morgan fingerprint density at radius 1 is 1.07 bits per heavy atom. The summed E-state index contributed by atoms with van der Waals surface area (Å²) in [7, 11) is 4.89. The SMILES string of the molecule is CCNC(=NCc1ccc(C(=O)N(C)C)cc1)NCCCCCC(=O)OC. The van der Waals surface area contributed by atoms with E-state index in [-0.39, 0.29) is 11.9 Å². The summed E-state index contributed by atoms with van der Waals surface area (Å²) >= 11 is 0. The fourth-order valence-corrected chi connectivity index (χ4v) is 2.40. The molecule has 1 aromatic rings. The molecule has 0 atom stereocenters. The maximum absolute atomic E-state index is 11.9. The Labute approximate surface area is 162 Å². The summed E-state index contributed by atoms with van der Waals surface area (Å²) < 4.78 is 4.63. The third kappa shape index (κ3) is 9.08. The first-order valence-corrected chi connectivity index (χ1v) is 9.37. The highest BCUT2D eigenvalue weighted by Crippen LogP contribution is 2.07. The van der Waals surface area contributed by atoms with Crippen LogP contribution in [0.1, 0.15) is 48.5 Å². The molecule has 150 valence electrons. The number of aliphatic imine (C=N–C) groups is 1. The summed E-state index contributed by atoms with van der Waals surface area (Å²) in [5.41, 5.74) is 1.71. The third-order valence-electron chi connectivity index (χ3n) is 3.95. The van der Waals surface area contributed by atoms with E-state index in [1.165, 1.54) is 7.11 Å². The Kier molecular flexibility index (Phi) is 10.6. The van der Waals surface area contributed by atoms with Gasteiger partial charge in [-0.05, 0) is 37.5 Å². The van der Waals surface area contributed by atoms with Crippen LogP contribution in [0.15, 0.2) is 29.3 Å². The van der Waals surface area contributed by atoms with E-state index in [9.17, 15) is 9.59 Å². The molecule has 0 heterocycles.